The van der Waals surface area contributed by atoms with Gasteiger partial charge in [-0.15, -0.1) is 0 Å². The second-order valence-electron chi connectivity index (χ2n) is 5.72. The molecular formula is C21H19BrN2O3. The maximum atomic E-state index is 12.6. The summed E-state index contributed by atoms with van der Waals surface area (Å²) in [6, 6.07) is 20.7. The number of methoxy groups -OCH3 is 2. The van der Waals surface area contributed by atoms with E-state index in [-0.39, 0.29) is 5.91 Å². The second-order valence-corrected chi connectivity index (χ2v) is 6.51. The summed E-state index contributed by atoms with van der Waals surface area (Å²) < 4.78 is 11.2. The van der Waals surface area contributed by atoms with E-state index < -0.39 is 0 Å². The van der Waals surface area contributed by atoms with E-state index in [1.54, 1.807) is 26.4 Å². The Morgan fingerprint density at radius 1 is 0.815 bits per heavy atom. The average molecular weight is 427 g/mol. The monoisotopic (exact) mass is 426 g/mol. The van der Waals surface area contributed by atoms with Crippen LogP contribution in [0.1, 0.15) is 10.4 Å². The molecule has 27 heavy (non-hydrogen) atoms. The maximum absolute atomic E-state index is 12.6. The van der Waals surface area contributed by atoms with Crippen molar-refractivity contribution < 1.29 is 14.3 Å². The summed E-state index contributed by atoms with van der Waals surface area (Å²) in [5, 5.41) is 6.18. The fourth-order valence-electron chi connectivity index (χ4n) is 2.53. The van der Waals surface area contributed by atoms with Gasteiger partial charge in [0.15, 0.2) is 0 Å². The molecular weight excluding hydrogens is 408 g/mol. The molecule has 138 valence electrons. The molecule has 0 aliphatic rings. The molecule has 1 amide bonds. The van der Waals surface area contributed by atoms with Gasteiger partial charge in [0, 0.05) is 22.6 Å². The van der Waals surface area contributed by atoms with Crippen LogP contribution < -0.4 is 20.1 Å². The minimum Gasteiger partial charge on any atom is -0.495 e. The van der Waals surface area contributed by atoms with Crippen molar-refractivity contribution in [2.24, 2.45) is 0 Å². The van der Waals surface area contributed by atoms with E-state index in [9.17, 15) is 4.79 Å². The third kappa shape index (κ3) is 4.60. The van der Waals surface area contributed by atoms with Crippen molar-refractivity contribution in [3.8, 4) is 11.5 Å². The summed E-state index contributed by atoms with van der Waals surface area (Å²) in [6.45, 7) is 0. The molecule has 3 aromatic rings. The van der Waals surface area contributed by atoms with E-state index >= 15 is 0 Å². The van der Waals surface area contributed by atoms with Gasteiger partial charge in [-0.3, -0.25) is 4.79 Å². The molecule has 0 saturated heterocycles. The molecule has 0 aliphatic carbocycles. The second kappa shape index (κ2) is 8.60. The van der Waals surface area contributed by atoms with Crippen LogP contribution in [0.3, 0.4) is 0 Å². The zero-order valence-electron chi connectivity index (χ0n) is 15.0. The quantitative estimate of drug-likeness (QED) is 0.549. The summed E-state index contributed by atoms with van der Waals surface area (Å²) in [5.41, 5.74) is 3.08. The first-order valence-electron chi connectivity index (χ1n) is 8.25. The number of para-hydroxylation sites is 1. The average Bonchev–Trinajstić information content (AvgIpc) is 2.70. The molecule has 0 saturated carbocycles. The Balaban J connectivity index is 1.73. The van der Waals surface area contributed by atoms with Gasteiger partial charge in [0.2, 0.25) is 0 Å². The van der Waals surface area contributed by atoms with Gasteiger partial charge in [-0.05, 0) is 64.5 Å². The number of rotatable bonds is 6. The molecule has 5 nitrogen and oxygen atoms in total. The molecule has 0 atom stereocenters. The number of carbonyl (C=O) groups is 1. The van der Waals surface area contributed by atoms with Crippen LogP contribution in [0.25, 0.3) is 0 Å². The van der Waals surface area contributed by atoms with Crippen LogP contribution in [-0.4, -0.2) is 20.1 Å². The van der Waals surface area contributed by atoms with Crippen molar-refractivity contribution >= 4 is 38.9 Å². The summed E-state index contributed by atoms with van der Waals surface area (Å²) >= 11 is 3.40. The fraction of sp³-hybridized carbons (Fsp3) is 0.0952. The Kier molecular flexibility index (Phi) is 5.98. The fourth-order valence-corrected chi connectivity index (χ4v) is 3.08. The summed E-state index contributed by atoms with van der Waals surface area (Å²) in [5.74, 6) is 0.812. The van der Waals surface area contributed by atoms with Gasteiger partial charge >= 0.3 is 0 Å². The molecule has 2 N–H and O–H groups in total. The Morgan fingerprint density at radius 3 is 1.89 bits per heavy atom. The Bertz CT molecular complexity index is 903. The van der Waals surface area contributed by atoms with Crippen molar-refractivity contribution in [3.05, 3.63) is 76.8 Å². The number of halogens is 1. The van der Waals surface area contributed by atoms with Crippen molar-refractivity contribution in [1.82, 2.24) is 0 Å². The lowest BCUT2D eigenvalue weighted by molar-refractivity contribution is 0.102. The number of anilines is 3. The number of carbonyl (C=O) groups excluding carboxylic acids is 1. The van der Waals surface area contributed by atoms with Gasteiger partial charge in [-0.2, -0.15) is 0 Å². The number of benzene rings is 3. The van der Waals surface area contributed by atoms with Gasteiger partial charge in [0.1, 0.15) is 16.0 Å². The zero-order valence-corrected chi connectivity index (χ0v) is 16.5. The summed E-state index contributed by atoms with van der Waals surface area (Å²) in [6.07, 6.45) is 0. The van der Waals surface area contributed by atoms with Gasteiger partial charge in [0.25, 0.3) is 5.91 Å². The van der Waals surface area contributed by atoms with E-state index in [0.29, 0.717) is 27.2 Å². The highest BCUT2D eigenvalue weighted by Gasteiger charge is 2.14. The number of ether oxygens (including phenoxy) is 2. The lowest BCUT2D eigenvalue weighted by atomic mass is 10.1. The van der Waals surface area contributed by atoms with Crippen molar-refractivity contribution in [2.75, 3.05) is 24.9 Å². The first-order valence-corrected chi connectivity index (χ1v) is 9.05. The topological polar surface area (TPSA) is 59.6 Å². The van der Waals surface area contributed by atoms with Gasteiger partial charge in [0.05, 0.1) is 14.2 Å². The molecule has 0 unspecified atom stereocenters. The van der Waals surface area contributed by atoms with Gasteiger partial charge in [-0.1, -0.05) is 18.2 Å². The highest BCUT2D eigenvalue weighted by Crippen LogP contribution is 2.35. The smallest absolute Gasteiger partial charge is 0.255 e. The largest absolute Gasteiger partial charge is 0.495 e. The third-order valence-corrected chi connectivity index (χ3v) is 4.69. The first-order chi connectivity index (χ1) is 13.1. The molecule has 0 aliphatic heterocycles. The lowest BCUT2D eigenvalue weighted by Gasteiger charge is -2.12. The lowest BCUT2D eigenvalue weighted by Crippen LogP contribution is -2.12. The maximum Gasteiger partial charge on any atom is 0.255 e. The highest BCUT2D eigenvalue weighted by molar-refractivity contribution is 9.10. The van der Waals surface area contributed by atoms with Gasteiger partial charge in [-0.25, -0.2) is 0 Å². The number of amides is 1. The van der Waals surface area contributed by atoms with E-state index in [0.717, 1.165) is 11.4 Å². The molecule has 0 radical (unpaired) electrons. The molecule has 0 heterocycles. The van der Waals surface area contributed by atoms with Crippen LogP contribution in [0.4, 0.5) is 17.1 Å². The Hall–Kier alpha value is -2.99. The van der Waals surface area contributed by atoms with Crippen LogP contribution in [0.15, 0.2) is 71.2 Å². The minimum absolute atomic E-state index is 0.247. The SMILES string of the molecule is COc1cc(C(=O)Nc2ccc(Nc3ccccc3)cc2)cc(OC)c1Br. The molecule has 0 bridgehead atoms. The van der Waals surface area contributed by atoms with Crippen molar-refractivity contribution in [2.45, 2.75) is 0 Å². The van der Waals surface area contributed by atoms with E-state index in [1.165, 1.54) is 0 Å². The summed E-state index contributed by atoms with van der Waals surface area (Å²) in [7, 11) is 3.08. The molecule has 0 fully saturated rings. The van der Waals surface area contributed by atoms with E-state index in [1.807, 2.05) is 54.6 Å². The molecule has 3 aromatic carbocycles. The summed E-state index contributed by atoms with van der Waals surface area (Å²) in [4.78, 5) is 12.6. The molecule has 3 rings (SSSR count). The number of hydrogen-bond acceptors (Lipinski definition) is 4. The molecule has 0 spiro atoms. The van der Waals surface area contributed by atoms with Gasteiger partial charge < -0.3 is 20.1 Å². The predicted octanol–water partition coefficient (Wildman–Crippen LogP) is 5.46. The third-order valence-electron chi connectivity index (χ3n) is 3.91. The van der Waals surface area contributed by atoms with Crippen molar-refractivity contribution in [1.29, 1.82) is 0 Å². The number of nitrogens with one attached hydrogen (secondary N) is 2. The standard InChI is InChI=1S/C21H19BrN2O3/c1-26-18-12-14(13-19(27-2)20(18)22)21(25)24-17-10-8-16(9-11-17)23-15-6-4-3-5-7-15/h3-13,23H,1-2H3,(H,24,25). The van der Waals surface area contributed by atoms with Crippen molar-refractivity contribution in [3.63, 3.8) is 0 Å². The number of hydrogen-bond donors (Lipinski definition) is 2. The molecule has 6 heteroatoms. The zero-order chi connectivity index (χ0) is 19.2. The minimum atomic E-state index is -0.247. The highest BCUT2D eigenvalue weighted by atomic mass is 79.9. The Labute approximate surface area is 166 Å². The van der Waals surface area contributed by atoms with Crippen LogP contribution in [0.5, 0.6) is 11.5 Å². The normalized spacial score (nSPS) is 10.2. The van der Waals surface area contributed by atoms with Crippen LogP contribution >= 0.6 is 15.9 Å². The van der Waals surface area contributed by atoms with Crippen LogP contribution in [-0.2, 0) is 0 Å². The predicted molar refractivity (Wildman–Crippen MR) is 111 cm³/mol. The van der Waals surface area contributed by atoms with E-state index in [4.69, 9.17) is 9.47 Å². The van der Waals surface area contributed by atoms with E-state index in [2.05, 4.69) is 26.6 Å². The first kappa shape index (κ1) is 18.8. The van der Waals surface area contributed by atoms with Crippen LogP contribution in [0.2, 0.25) is 0 Å². The Morgan fingerprint density at radius 2 is 1.33 bits per heavy atom. The van der Waals surface area contributed by atoms with Crippen LogP contribution in [0, 0.1) is 0 Å². The molecule has 0 aromatic heterocycles.